The van der Waals surface area contributed by atoms with Crippen LogP contribution < -0.4 is 5.32 Å². The van der Waals surface area contributed by atoms with Gasteiger partial charge in [0.25, 0.3) is 0 Å². The molecule has 7 heteroatoms. The quantitative estimate of drug-likeness (QED) is 0.774. The van der Waals surface area contributed by atoms with Crippen LogP contribution in [0.1, 0.15) is 24.4 Å². The lowest BCUT2D eigenvalue weighted by atomic mass is 9.91. The summed E-state index contributed by atoms with van der Waals surface area (Å²) in [7, 11) is 3.15. The zero-order valence-corrected chi connectivity index (χ0v) is 13.6. The first-order chi connectivity index (χ1) is 11.2. The lowest BCUT2D eigenvalue weighted by molar-refractivity contribution is -0.174. The van der Waals surface area contributed by atoms with E-state index in [0.29, 0.717) is 12.0 Å². The summed E-state index contributed by atoms with van der Waals surface area (Å²) in [6.07, 6.45) is -3.08. The normalized spacial score (nSPS) is 13.7. The lowest BCUT2D eigenvalue weighted by Crippen LogP contribution is -2.41. The van der Waals surface area contributed by atoms with Gasteiger partial charge >= 0.3 is 12.1 Å². The average molecular weight is 342 g/mol. The Balaban J connectivity index is 3.06. The van der Waals surface area contributed by atoms with Crippen molar-refractivity contribution in [2.24, 2.45) is 5.92 Å². The van der Waals surface area contributed by atoms with Gasteiger partial charge in [0.2, 0.25) is 5.91 Å². The van der Waals surface area contributed by atoms with E-state index < -0.39 is 24.0 Å². The molecule has 0 heterocycles. The van der Waals surface area contributed by atoms with Crippen molar-refractivity contribution in [3.05, 3.63) is 48.6 Å². The molecular weight excluding hydrogens is 321 g/mol. The molecule has 0 saturated heterocycles. The Morgan fingerprint density at radius 1 is 1.25 bits per heavy atom. The van der Waals surface area contributed by atoms with E-state index in [1.807, 2.05) is 5.32 Å². The Morgan fingerprint density at radius 2 is 1.83 bits per heavy atom. The SMILES string of the molecule is C=CC[C@H](C[C@@H](NC(=O)C(F)(F)F)c1ccccc1)C(=O)N(C)C. The molecule has 0 aliphatic heterocycles. The topological polar surface area (TPSA) is 49.4 Å². The van der Waals surface area contributed by atoms with Gasteiger partial charge in [0.05, 0.1) is 6.04 Å². The van der Waals surface area contributed by atoms with E-state index in [1.165, 1.54) is 4.90 Å². The molecule has 1 N–H and O–H groups in total. The molecule has 0 radical (unpaired) electrons. The summed E-state index contributed by atoms with van der Waals surface area (Å²) in [6.45, 7) is 3.58. The number of halogens is 3. The van der Waals surface area contributed by atoms with Crippen LogP contribution in [0.2, 0.25) is 0 Å². The molecule has 0 aromatic heterocycles. The first-order valence-corrected chi connectivity index (χ1v) is 7.41. The maximum atomic E-state index is 12.6. The van der Waals surface area contributed by atoms with Crippen molar-refractivity contribution in [3.63, 3.8) is 0 Å². The standard InChI is InChI=1S/C17H21F3N2O2/c1-4-8-13(15(23)22(2)3)11-14(12-9-6-5-7-10-12)21-16(24)17(18,19)20/h4-7,9-10,13-14H,1,8,11H2,2-3H3,(H,21,24)/t13-,14-/m1/s1. The summed E-state index contributed by atoms with van der Waals surface area (Å²) in [4.78, 5) is 24.9. The van der Waals surface area contributed by atoms with Gasteiger partial charge in [-0.3, -0.25) is 9.59 Å². The van der Waals surface area contributed by atoms with Crippen molar-refractivity contribution in [3.8, 4) is 0 Å². The van der Waals surface area contributed by atoms with E-state index in [4.69, 9.17) is 0 Å². The molecule has 0 bridgehead atoms. The maximum absolute atomic E-state index is 12.6. The van der Waals surface area contributed by atoms with Crippen molar-refractivity contribution < 1.29 is 22.8 Å². The van der Waals surface area contributed by atoms with Gasteiger partial charge in [-0.1, -0.05) is 36.4 Å². The third kappa shape index (κ3) is 5.72. The molecule has 0 spiro atoms. The van der Waals surface area contributed by atoms with Gasteiger partial charge in [-0.05, 0) is 18.4 Å². The van der Waals surface area contributed by atoms with Crippen LogP contribution in [0.15, 0.2) is 43.0 Å². The Morgan fingerprint density at radius 3 is 2.29 bits per heavy atom. The monoisotopic (exact) mass is 342 g/mol. The van der Waals surface area contributed by atoms with Gasteiger partial charge in [0.1, 0.15) is 0 Å². The van der Waals surface area contributed by atoms with E-state index >= 15 is 0 Å². The van der Waals surface area contributed by atoms with Gasteiger partial charge in [-0.15, -0.1) is 6.58 Å². The summed E-state index contributed by atoms with van der Waals surface area (Å²) in [6, 6.07) is 7.36. The van der Waals surface area contributed by atoms with Crippen LogP contribution in [-0.2, 0) is 9.59 Å². The highest BCUT2D eigenvalue weighted by molar-refractivity contribution is 5.82. The van der Waals surface area contributed by atoms with E-state index in [0.717, 1.165) is 0 Å². The van der Waals surface area contributed by atoms with Gasteiger partial charge in [-0.25, -0.2) is 0 Å². The fourth-order valence-electron chi connectivity index (χ4n) is 2.35. The second-order valence-corrected chi connectivity index (χ2v) is 5.62. The molecule has 2 amide bonds. The molecular formula is C17H21F3N2O2. The second kappa shape index (κ2) is 8.52. The van der Waals surface area contributed by atoms with Gasteiger partial charge in [0.15, 0.2) is 0 Å². The van der Waals surface area contributed by atoms with E-state index in [-0.39, 0.29) is 12.3 Å². The van der Waals surface area contributed by atoms with Crippen molar-refractivity contribution in [1.29, 1.82) is 0 Å². The molecule has 4 nitrogen and oxygen atoms in total. The molecule has 24 heavy (non-hydrogen) atoms. The number of alkyl halides is 3. The molecule has 1 aromatic carbocycles. The van der Waals surface area contributed by atoms with E-state index in [1.54, 1.807) is 50.5 Å². The number of benzene rings is 1. The number of nitrogens with zero attached hydrogens (tertiary/aromatic N) is 1. The van der Waals surface area contributed by atoms with Gasteiger partial charge < -0.3 is 10.2 Å². The lowest BCUT2D eigenvalue weighted by Gasteiger charge is -2.26. The number of hydrogen-bond donors (Lipinski definition) is 1. The number of carbonyl (C=O) groups is 2. The fraction of sp³-hybridized carbons (Fsp3) is 0.412. The van der Waals surface area contributed by atoms with Crippen LogP contribution in [0.3, 0.4) is 0 Å². The van der Waals surface area contributed by atoms with Crippen LogP contribution in [-0.4, -0.2) is 37.0 Å². The Bertz CT molecular complexity index is 571. The highest BCUT2D eigenvalue weighted by Gasteiger charge is 2.40. The van der Waals surface area contributed by atoms with Crippen LogP contribution >= 0.6 is 0 Å². The molecule has 132 valence electrons. The Labute approximate surface area is 139 Å². The molecule has 0 unspecified atom stereocenters. The summed E-state index contributed by atoms with van der Waals surface area (Å²) < 4.78 is 37.8. The molecule has 2 atom stereocenters. The van der Waals surface area contributed by atoms with Gasteiger partial charge in [0, 0.05) is 20.0 Å². The highest BCUT2D eigenvalue weighted by Crippen LogP contribution is 2.26. The molecule has 0 saturated carbocycles. The van der Waals surface area contributed by atoms with Crippen molar-refractivity contribution in [2.45, 2.75) is 25.1 Å². The second-order valence-electron chi connectivity index (χ2n) is 5.62. The molecule has 0 aliphatic rings. The predicted octanol–water partition coefficient (Wildman–Crippen LogP) is 3.08. The van der Waals surface area contributed by atoms with Crippen LogP contribution in [0, 0.1) is 5.92 Å². The number of allylic oxidation sites excluding steroid dienone is 1. The smallest absolute Gasteiger partial charge is 0.349 e. The third-order valence-corrected chi connectivity index (χ3v) is 3.53. The maximum Gasteiger partial charge on any atom is 0.471 e. The van der Waals surface area contributed by atoms with Crippen LogP contribution in [0.25, 0.3) is 0 Å². The predicted molar refractivity (Wildman–Crippen MR) is 85.0 cm³/mol. The first-order valence-electron chi connectivity index (χ1n) is 7.41. The number of carbonyl (C=O) groups excluding carboxylic acids is 2. The molecule has 1 aromatic rings. The summed E-state index contributed by atoms with van der Waals surface area (Å²) in [5, 5.41) is 1.99. The minimum atomic E-state index is -4.98. The van der Waals surface area contributed by atoms with Gasteiger partial charge in [-0.2, -0.15) is 13.2 Å². The number of rotatable bonds is 7. The number of amides is 2. The third-order valence-electron chi connectivity index (χ3n) is 3.53. The highest BCUT2D eigenvalue weighted by atomic mass is 19.4. The zero-order valence-electron chi connectivity index (χ0n) is 13.6. The summed E-state index contributed by atoms with van der Waals surface area (Å²) in [5.41, 5.74) is 0.510. The van der Waals surface area contributed by atoms with Crippen LogP contribution in [0.4, 0.5) is 13.2 Å². The van der Waals surface area contributed by atoms with Crippen molar-refractivity contribution >= 4 is 11.8 Å². The summed E-state index contributed by atoms with van der Waals surface area (Å²) in [5.74, 6) is -2.82. The zero-order chi connectivity index (χ0) is 18.3. The largest absolute Gasteiger partial charge is 0.471 e. The molecule has 1 rings (SSSR count). The van der Waals surface area contributed by atoms with Crippen LogP contribution in [0.5, 0.6) is 0 Å². The van der Waals surface area contributed by atoms with Crippen molar-refractivity contribution in [2.75, 3.05) is 14.1 Å². The fourth-order valence-corrected chi connectivity index (χ4v) is 2.35. The molecule has 0 fully saturated rings. The number of nitrogens with one attached hydrogen (secondary N) is 1. The van der Waals surface area contributed by atoms with E-state index in [2.05, 4.69) is 6.58 Å². The van der Waals surface area contributed by atoms with E-state index in [9.17, 15) is 22.8 Å². The first kappa shape index (κ1) is 19.7. The Hall–Kier alpha value is -2.31. The minimum absolute atomic E-state index is 0.0505. The Kier molecular flexibility index (Phi) is 7.00. The summed E-state index contributed by atoms with van der Waals surface area (Å²) >= 11 is 0. The minimum Gasteiger partial charge on any atom is -0.349 e. The number of hydrogen-bond acceptors (Lipinski definition) is 2. The van der Waals surface area contributed by atoms with Crippen molar-refractivity contribution in [1.82, 2.24) is 10.2 Å². The average Bonchev–Trinajstić information content (AvgIpc) is 2.52. The molecule has 0 aliphatic carbocycles.